The Morgan fingerprint density at radius 1 is 1.09 bits per heavy atom. The van der Waals surface area contributed by atoms with Gasteiger partial charge in [0.2, 0.25) is 21.8 Å². The molecule has 0 unspecified atom stereocenters. The fourth-order valence-electron chi connectivity index (χ4n) is 3.40. The molecule has 0 aliphatic rings. The molecule has 0 heterocycles. The summed E-state index contributed by atoms with van der Waals surface area (Å²) < 4.78 is 32.9. The van der Waals surface area contributed by atoms with E-state index in [1.165, 1.54) is 4.90 Å². The summed E-state index contributed by atoms with van der Waals surface area (Å²) in [5.74, 6) is -0.206. The molecule has 2 aromatic carbocycles. The first-order valence-electron chi connectivity index (χ1n) is 11.4. The van der Waals surface area contributed by atoms with Crippen LogP contribution in [0.4, 0.5) is 5.69 Å². The molecule has 0 aliphatic carbocycles. The molecule has 0 bridgehead atoms. The van der Waals surface area contributed by atoms with Crippen LogP contribution in [0.3, 0.4) is 0 Å². The summed E-state index contributed by atoms with van der Waals surface area (Å²) in [5, 5.41) is 2.86. The number of carbonyl (C=O) groups excluding carboxylic acids is 2. The van der Waals surface area contributed by atoms with Crippen molar-refractivity contribution < 1.29 is 22.7 Å². The molecule has 0 saturated carbocycles. The molecule has 35 heavy (non-hydrogen) atoms. The monoisotopic (exact) mass is 567 g/mol. The molecule has 0 saturated heterocycles. The molecule has 2 aromatic rings. The Morgan fingerprint density at radius 2 is 1.77 bits per heavy atom. The number of carbonyl (C=O) groups is 2. The largest absolute Gasteiger partial charge is 0.492 e. The van der Waals surface area contributed by atoms with Gasteiger partial charge in [-0.25, -0.2) is 8.42 Å². The summed E-state index contributed by atoms with van der Waals surface area (Å²) in [7, 11) is -3.84. The summed E-state index contributed by atoms with van der Waals surface area (Å²) in [6.45, 7) is 7.88. The quantitative estimate of drug-likeness (QED) is 0.420. The molecular weight excluding hydrogens is 534 g/mol. The van der Waals surface area contributed by atoms with Crippen molar-refractivity contribution in [3.05, 3.63) is 58.6 Å². The van der Waals surface area contributed by atoms with Crippen LogP contribution in [0.25, 0.3) is 0 Å². The molecule has 0 aromatic heterocycles. The van der Waals surface area contributed by atoms with E-state index >= 15 is 0 Å². The van der Waals surface area contributed by atoms with E-state index in [0.29, 0.717) is 18.9 Å². The van der Waals surface area contributed by atoms with Gasteiger partial charge in [0.05, 0.1) is 18.6 Å². The first-order chi connectivity index (χ1) is 16.4. The van der Waals surface area contributed by atoms with Crippen LogP contribution in [0, 0.1) is 5.92 Å². The van der Waals surface area contributed by atoms with Crippen molar-refractivity contribution in [1.82, 2.24) is 10.2 Å². The van der Waals surface area contributed by atoms with E-state index in [1.807, 2.05) is 38.1 Å². The van der Waals surface area contributed by atoms with Gasteiger partial charge in [-0.15, -0.1) is 0 Å². The Morgan fingerprint density at radius 3 is 2.37 bits per heavy atom. The van der Waals surface area contributed by atoms with Crippen molar-refractivity contribution in [2.75, 3.05) is 30.3 Å². The molecule has 0 fully saturated rings. The SMILES string of the molecule is CCOc1ccccc1N(CC(=O)N(Cc1cccc(Br)c1)[C@@H](C)C(=O)NCC(C)C)S(C)(=O)=O. The van der Waals surface area contributed by atoms with Crippen LogP contribution in [-0.2, 0) is 26.2 Å². The van der Waals surface area contributed by atoms with E-state index in [2.05, 4.69) is 21.2 Å². The van der Waals surface area contributed by atoms with Crippen molar-refractivity contribution in [2.45, 2.75) is 40.3 Å². The molecule has 2 amide bonds. The van der Waals surface area contributed by atoms with Crippen LogP contribution in [0.15, 0.2) is 53.0 Å². The average Bonchev–Trinajstić information content (AvgIpc) is 2.79. The van der Waals surface area contributed by atoms with Gasteiger partial charge in [0.25, 0.3) is 0 Å². The lowest BCUT2D eigenvalue weighted by atomic mass is 10.1. The number of nitrogens with zero attached hydrogens (tertiary/aromatic N) is 2. The van der Waals surface area contributed by atoms with E-state index in [0.717, 1.165) is 20.6 Å². The highest BCUT2D eigenvalue weighted by Gasteiger charge is 2.31. The third kappa shape index (κ3) is 8.54. The Bertz CT molecular complexity index is 1120. The van der Waals surface area contributed by atoms with E-state index in [1.54, 1.807) is 38.1 Å². The predicted molar refractivity (Wildman–Crippen MR) is 142 cm³/mol. The van der Waals surface area contributed by atoms with Gasteiger partial charge in [-0.3, -0.25) is 13.9 Å². The minimum absolute atomic E-state index is 0.138. The number of amides is 2. The number of benzene rings is 2. The lowest BCUT2D eigenvalue weighted by Gasteiger charge is -2.32. The Balaban J connectivity index is 2.41. The zero-order chi connectivity index (χ0) is 26.2. The minimum atomic E-state index is -3.84. The highest BCUT2D eigenvalue weighted by molar-refractivity contribution is 9.10. The Kier molecular flexibility index (Phi) is 10.6. The van der Waals surface area contributed by atoms with Crippen molar-refractivity contribution in [2.24, 2.45) is 5.92 Å². The van der Waals surface area contributed by atoms with E-state index < -0.39 is 28.5 Å². The van der Waals surface area contributed by atoms with Gasteiger partial charge in [-0.2, -0.15) is 0 Å². The number of para-hydroxylation sites is 2. The maximum atomic E-state index is 13.6. The van der Waals surface area contributed by atoms with Crippen molar-refractivity contribution in [3.8, 4) is 5.75 Å². The molecule has 0 radical (unpaired) electrons. The standard InChI is InChI=1S/C25H34BrN3O5S/c1-6-34-23-13-8-7-12-22(23)29(35(5,32)33)17-24(30)28(16-20-10-9-11-21(26)14-20)19(4)25(31)27-15-18(2)3/h7-14,18-19H,6,15-17H2,1-5H3,(H,27,31)/t19-/m0/s1. The summed E-state index contributed by atoms with van der Waals surface area (Å²) >= 11 is 3.43. The molecule has 1 N–H and O–H groups in total. The summed E-state index contributed by atoms with van der Waals surface area (Å²) in [6.07, 6.45) is 1.04. The number of rotatable bonds is 12. The normalized spacial score (nSPS) is 12.2. The van der Waals surface area contributed by atoms with E-state index in [4.69, 9.17) is 4.74 Å². The van der Waals surface area contributed by atoms with Gasteiger partial charge in [0.15, 0.2) is 0 Å². The highest BCUT2D eigenvalue weighted by Crippen LogP contribution is 2.30. The van der Waals surface area contributed by atoms with Crippen LogP contribution in [0.2, 0.25) is 0 Å². The zero-order valence-electron chi connectivity index (χ0n) is 20.8. The second-order valence-corrected chi connectivity index (χ2v) is 11.5. The molecule has 0 aliphatic heterocycles. The molecule has 1 atom stereocenters. The van der Waals surface area contributed by atoms with Gasteiger partial charge >= 0.3 is 0 Å². The van der Waals surface area contributed by atoms with Gasteiger partial charge < -0.3 is 15.0 Å². The first-order valence-corrected chi connectivity index (χ1v) is 14.1. The van der Waals surface area contributed by atoms with Crippen LogP contribution < -0.4 is 14.4 Å². The van der Waals surface area contributed by atoms with Gasteiger partial charge in [-0.1, -0.05) is 54.0 Å². The average molecular weight is 569 g/mol. The lowest BCUT2D eigenvalue weighted by Crippen LogP contribution is -2.51. The molecular formula is C25H34BrN3O5S. The van der Waals surface area contributed by atoms with Gasteiger partial charge in [0.1, 0.15) is 18.3 Å². The van der Waals surface area contributed by atoms with Crippen LogP contribution in [0.5, 0.6) is 5.75 Å². The zero-order valence-corrected chi connectivity index (χ0v) is 23.2. The van der Waals surface area contributed by atoms with Crippen LogP contribution in [0.1, 0.15) is 33.3 Å². The molecule has 2 rings (SSSR count). The maximum absolute atomic E-state index is 13.6. The predicted octanol–water partition coefficient (Wildman–Crippen LogP) is 3.80. The van der Waals surface area contributed by atoms with Crippen molar-refractivity contribution in [3.63, 3.8) is 0 Å². The van der Waals surface area contributed by atoms with Crippen LogP contribution in [-0.4, -0.2) is 57.1 Å². The number of ether oxygens (including phenoxy) is 1. The molecule has 0 spiro atoms. The second-order valence-electron chi connectivity index (χ2n) is 8.64. The Labute approximate surface area is 216 Å². The number of nitrogens with one attached hydrogen (secondary N) is 1. The first kappa shape index (κ1) is 28.6. The third-order valence-corrected chi connectivity index (χ3v) is 6.83. The smallest absolute Gasteiger partial charge is 0.244 e. The topological polar surface area (TPSA) is 96.0 Å². The lowest BCUT2D eigenvalue weighted by molar-refractivity contribution is -0.139. The van der Waals surface area contributed by atoms with Crippen molar-refractivity contribution in [1.29, 1.82) is 0 Å². The molecule has 192 valence electrons. The highest BCUT2D eigenvalue weighted by atomic mass is 79.9. The van der Waals surface area contributed by atoms with Crippen LogP contribution >= 0.6 is 15.9 Å². The molecule has 10 heteroatoms. The summed E-state index contributed by atoms with van der Waals surface area (Å²) in [5.41, 5.74) is 1.07. The molecule has 8 nitrogen and oxygen atoms in total. The number of hydrogen-bond donors (Lipinski definition) is 1. The second kappa shape index (κ2) is 12.9. The maximum Gasteiger partial charge on any atom is 0.244 e. The fraction of sp³-hybridized carbons (Fsp3) is 0.440. The number of sulfonamides is 1. The summed E-state index contributed by atoms with van der Waals surface area (Å²) in [4.78, 5) is 27.9. The van der Waals surface area contributed by atoms with E-state index in [9.17, 15) is 18.0 Å². The minimum Gasteiger partial charge on any atom is -0.492 e. The third-order valence-electron chi connectivity index (χ3n) is 5.21. The van der Waals surface area contributed by atoms with Gasteiger partial charge in [-0.05, 0) is 49.6 Å². The van der Waals surface area contributed by atoms with E-state index in [-0.39, 0.29) is 24.1 Å². The number of halogens is 1. The van der Waals surface area contributed by atoms with Crippen molar-refractivity contribution >= 4 is 43.5 Å². The number of hydrogen-bond acceptors (Lipinski definition) is 5. The fourth-order valence-corrected chi connectivity index (χ4v) is 4.70. The Hall–Kier alpha value is -2.59. The number of anilines is 1. The van der Waals surface area contributed by atoms with Gasteiger partial charge in [0, 0.05) is 17.6 Å². The summed E-state index contributed by atoms with van der Waals surface area (Å²) in [6, 6.07) is 13.3.